The lowest BCUT2D eigenvalue weighted by molar-refractivity contribution is 0.0941. The Morgan fingerprint density at radius 2 is 1.94 bits per heavy atom. The molecule has 0 saturated carbocycles. The van der Waals surface area contributed by atoms with E-state index in [1.807, 2.05) is 48.9 Å². The maximum absolute atomic E-state index is 13.9. The first kappa shape index (κ1) is 23.4. The number of carbonyl (C=O) groups excluding carboxylic acids is 1. The Morgan fingerprint density at radius 3 is 2.67 bits per heavy atom. The highest BCUT2D eigenvalue weighted by atomic mass is 35.5. The second-order valence-electron chi connectivity index (χ2n) is 8.36. The largest absolute Gasteiger partial charge is 0.497 e. The van der Waals surface area contributed by atoms with Crippen molar-refractivity contribution >= 4 is 39.9 Å². The van der Waals surface area contributed by atoms with Crippen LogP contribution in [0.1, 0.15) is 29.0 Å². The molecule has 0 fully saturated rings. The van der Waals surface area contributed by atoms with E-state index in [1.54, 1.807) is 30.6 Å². The van der Waals surface area contributed by atoms with Crippen molar-refractivity contribution in [2.45, 2.75) is 13.0 Å². The first-order valence-corrected chi connectivity index (χ1v) is 11.5. The van der Waals surface area contributed by atoms with Gasteiger partial charge in [0.1, 0.15) is 11.3 Å². The minimum atomic E-state index is -0.599. The number of ether oxygens (including phenoxy) is 1. The van der Waals surface area contributed by atoms with E-state index in [-0.39, 0.29) is 21.8 Å². The average Bonchev–Trinajstić information content (AvgIpc) is 3.21. The topological polar surface area (TPSA) is 117 Å². The van der Waals surface area contributed by atoms with E-state index in [0.29, 0.717) is 39.1 Å². The molecule has 5 rings (SSSR count). The Labute approximate surface area is 211 Å². The molecule has 182 valence electrons. The van der Waals surface area contributed by atoms with Crippen LogP contribution >= 0.6 is 11.6 Å². The summed E-state index contributed by atoms with van der Waals surface area (Å²) in [7, 11) is 3.36. The van der Waals surface area contributed by atoms with Gasteiger partial charge in [0, 0.05) is 25.5 Å². The Bertz CT molecular complexity index is 1690. The molecule has 0 aliphatic carbocycles. The van der Waals surface area contributed by atoms with Crippen molar-refractivity contribution in [3.05, 3.63) is 87.4 Å². The van der Waals surface area contributed by atoms with Gasteiger partial charge in [0.05, 0.1) is 40.3 Å². The molecule has 1 amide bonds. The molecule has 2 aromatic carbocycles. The zero-order valence-electron chi connectivity index (χ0n) is 19.8. The van der Waals surface area contributed by atoms with Crippen molar-refractivity contribution in [1.82, 2.24) is 24.5 Å². The number of halogens is 1. The lowest BCUT2D eigenvalue weighted by atomic mass is 9.96. The Hall–Kier alpha value is -4.37. The van der Waals surface area contributed by atoms with E-state index in [1.165, 1.54) is 11.6 Å². The van der Waals surface area contributed by atoms with Crippen LogP contribution in [0, 0.1) is 0 Å². The minimum absolute atomic E-state index is 0.0607. The maximum Gasteiger partial charge on any atom is 0.259 e. The quantitative estimate of drug-likeness (QED) is 0.375. The van der Waals surface area contributed by atoms with Gasteiger partial charge in [-0.2, -0.15) is 0 Å². The van der Waals surface area contributed by atoms with Crippen molar-refractivity contribution < 1.29 is 9.53 Å². The number of rotatable bonds is 5. The molecule has 5 aromatic rings. The van der Waals surface area contributed by atoms with Crippen LogP contribution in [0.2, 0.25) is 5.02 Å². The van der Waals surface area contributed by atoms with Gasteiger partial charge in [-0.1, -0.05) is 41.9 Å². The third-order valence-corrected chi connectivity index (χ3v) is 6.48. The van der Waals surface area contributed by atoms with Gasteiger partial charge in [-0.15, -0.1) is 5.10 Å². The van der Waals surface area contributed by atoms with Gasteiger partial charge in [0.2, 0.25) is 0 Å². The summed E-state index contributed by atoms with van der Waals surface area (Å²) in [6, 6.07) is 13.8. The summed E-state index contributed by atoms with van der Waals surface area (Å²) in [6.45, 7) is 1.81. The van der Waals surface area contributed by atoms with Gasteiger partial charge in [-0.3, -0.25) is 9.59 Å². The molecule has 3 N–H and O–H groups in total. The summed E-state index contributed by atoms with van der Waals surface area (Å²) >= 11 is 6.54. The van der Waals surface area contributed by atoms with Crippen LogP contribution < -0.4 is 21.2 Å². The van der Waals surface area contributed by atoms with Crippen molar-refractivity contribution in [2.75, 3.05) is 12.8 Å². The standard InChI is InChI=1S/C26H23ClN6O3/c1-14(30-26(35)21-24(28)31-33-11-7-10-29-25(21)33)22-19(15-8-5-4-6-9-15)23(34)20-17(27)12-16(36-3)13-18(20)32(22)2/h4-14H,1-3H3,(H2,28,31)(H,30,35)/t14-/m0/s1. The monoisotopic (exact) mass is 502 g/mol. The zero-order valence-corrected chi connectivity index (χ0v) is 20.6. The van der Waals surface area contributed by atoms with E-state index in [4.69, 9.17) is 22.1 Å². The summed E-state index contributed by atoms with van der Waals surface area (Å²) in [4.78, 5) is 31.5. The van der Waals surface area contributed by atoms with Crippen LogP contribution in [0.25, 0.3) is 27.7 Å². The summed E-state index contributed by atoms with van der Waals surface area (Å²) < 4.78 is 8.69. The summed E-state index contributed by atoms with van der Waals surface area (Å²) in [5.74, 6) is 0.123. The van der Waals surface area contributed by atoms with Gasteiger partial charge < -0.3 is 20.4 Å². The molecule has 0 aliphatic heterocycles. The molecular weight excluding hydrogens is 480 g/mol. The number of pyridine rings is 1. The van der Waals surface area contributed by atoms with Gasteiger partial charge in [-0.05, 0) is 24.6 Å². The van der Waals surface area contributed by atoms with E-state index in [0.717, 1.165) is 0 Å². The highest BCUT2D eigenvalue weighted by Crippen LogP contribution is 2.33. The highest BCUT2D eigenvalue weighted by molar-refractivity contribution is 6.35. The number of nitrogens with zero attached hydrogens (tertiary/aromatic N) is 4. The molecule has 3 heterocycles. The van der Waals surface area contributed by atoms with Gasteiger partial charge >= 0.3 is 0 Å². The number of aryl methyl sites for hydroxylation is 1. The van der Waals surface area contributed by atoms with E-state index < -0.39 is 11.9 Å². The third-order valence-electron chi connectivity index (χ3n) is 6.18. The van der Waals surface area contributed by atoms with E-state index in [2.05, 4.69) is 15.4 Å². The number of amides is 1. The molecule has 36 heavy (non-hydrogen) atoms. The van der Waals surface area contributed by atoms with Gasteiger partial charge in [0.25, 0.3) is 5.91 Å². The number of fused-ring (bicyclic) bond motifs is 2. The molecule has 0 radical (unpaired) electrons. The van der Waals surface area contributed by atoms with Crippen molar-refractivity contribution in [1.29, 1.82) is 0 Å². The first-order valence-electron chi connectivity index (χ1n) is 11.2. The normalized spacial score (nSPS) is 12.1. The number of aromatic nitrogens is 4. The first-order chi connectivity index (χ1) is 17.3. The second kappa shape index (κ2) is 9.01. The van der Waals surface area contributed by atoms with Crippen molar-refractivity contribution in [3.63, 3.8) is 0 Å². The summed E-state index contributed by atoms with van der Waals surface area (Å²) in [5.41, 5.74) is 8.64. The maximum atomic E-state index is 13.9. The van der Waals surface area contributed by atoms with Crippen LogP contribution in [0.5, 0.6) is 5.75 Å². The molecule has 0 bridgehead atoms. The number of nitrogens with one attached hydrogen (secondary N) is 1. The van der Waals surface area contributed by atoms with Crippen molar-refractivity contribution in [3.8, 4) is 16.9 Å². The molecule has 10 heteroatoms. The number of nitrogens with two attached hydrogens (primary N) is 1. The number of carbonyl (C=O) groups is 1. The lowest BCUT2D eigenvalue weighted by Gasteiger charge is -2.24. The summed E-state index contributed by atoms with van der Waals surface area (Å²) in [5, 5.41) is 7.81. The smallest absolute Gasteiger partial charge is 0.259 e. The fraction of sp³-hybridized carbons (Fsp3) is 0.154. The molecule has 1 atom stereocenters. The lowest BCUT2D eigenvalue weighted by Crippen LogP contribution is -2.31. The van der Waals surface area contributed by atoms with E-state index in [9.17, 15) is 9.59 Å². The highest BCUT2D eigenvalue weighted by Gasteiger charge is 2.26. The molecule has 3 aromatic heterocycles. The number of anilines is 1. The second-order valence-corrected chi connectivity index (χ2v) is 8.77. The molecule has 0 aliphatic rings. The fourth-order valence-corrected chi connectivity index (χ4v) is 4.85. The van der Waals surface area contributed by atoms with Crippen LogP contribution in [0.3, 0.4) is 0 Å². The molecule has 0 spiro atoms. The summed E-state index contributed by atoms with van der Waals surface area (Å²) in [6.07, 6.45) is 3.23. The van der Waals surface area contributed by atoms with Gasteiger partial charge in [-0.25, -0.2) is 9.50 Å². The Morgan fingerprint density at radius 1 is 1.19 bits per heavy atom. The van der Waals surface area contributed by atoms with Crippen molar-refractivity contribution in [2.24, 2.45) is 7.05 Å². The molecule has 0 unspecified atom stereocenters. The number of hydrogen-bond acceptors (Lipinski definition) is 6. The van der Waals surface area contributed by atoms with Crippen LogP contribution in [0.15, 0.2) is 65.7 Å². The SMILES string of the molecule is COc1cc(Cl)c2c(=O)c(-c3ccccc3)c([C@H](C)NC(=O)c3c(N)nn4cccnc34)n(C)c2c1. The zero-order chi connectivity index (χ0) is 25.6. The predicted molar refractivity (Wildman–Crippen MR) is 139 cm³/mol. The number of methoxy groups -OCH3 is 1. The minimum Gasteiger partial charge on any atom is -0.497 e. The van der Waals surface area contributed by atoms with Crippen LogP contribution in [-0.2, 0) is 7.05 Å². The Kier molecular flexibility index (Phi) is 5.85. The predicted octanol–water partition coefficient (Wildman–Crippen LogP) is 3.98. The van der Waals surface area contributed by atoms with E-state index >= 15 is 0 Å². The Balaban J connectivity index is 1.71. The average molecular weight is 503 g/mol. The van der Waals surface area contributed by atoms with Crippen LogP contribution in [-0.4, -0.2) is 32.2 Å². The number of hydrogen-bond donors (Lipinski definition) is 2. The number of nitrogen functional groups attached to an aromatic ring is 1. The van der Waals surface area contributed by atoms with Gasteiger partial charge in [0.15, 0.2) is 16.9 Å². The number of benzene rings is 2. The molecular formula is C26H23ClN6O3. The molecule has 9 nitrogen and oxygen atoms in total. The molecule has 0 saturated heterocycles. The van der Waals surface area contributed by atoms with Crippen LogP contribution in [0.4, 0.5) is 5.82 Å². The third kappa shape index (κ3) is 3.74. The fourth-order valence-electron chi connectivity index (χ4n) is 4.56.